The number of carbonyl (C=O) groups excluding carboxylic acids is 1. The number of fused-ring (bicyclic) bond motifs is 1. The van der Waals surface area contributed by atoms with Crippen LogP contribution in [0.4, 0.5) is 5.95 Å². The molecule has 1 aromatic heterocycles. The Labute approximate surface area is 205 Å². The molecular formula is C24H26BrN5O2S. The summed E-state index contributed by atoms with van der Waals surface area (Å²) >= 11 is 5.15. The van der Waals surface area contributed by atoms with Crippen molar-refractivity contribution in [2.45, 2.75) is 45.0 Å². The van der Waals surface area contributed by atoms with Crippen LogP contribution in [0.15, 0.2) is 63.4 Å². The molecule has 1 amide bonds. The van der Waals surface area contributed by atoms with E-state index in [-0.39, 0.29) is 0 Å². The Bertz CT molecular complexity index is 1220. The zero-order chi connectivity index (χ0) is 23.5. The molecule has 0 radical (unpaired) electrons. The van der Waals surface area contributed by atoms with Crippen LogP contribution < -0.4 is 15.8 Å². The molecule has 1 atom stereocenters. The molecule has 0 saturated carbocycles. The van der Waals surface area contributed by atoms with E-state index < -0.39 is 11.9 Å². The van der Waals surface area contributed by atoms with E-state index in [1.165, 1.54) is 0 Å². The van der Waals surface area contributed by atoms with Crippen molar-refractivity contribution in [3.05, 3.63) is 74.9 Å². The van der Waals surface area contributed by atoms with Gasteiger partial charge in [-0.15, -0.1) is 5.10 Å². The van der Waals surface area contributed by atoms with Crippen LogP contribution in [-0.4, -0.2) is 26.4 Å². The Hall–Kier alpha value is -2.78. The highest BCUT2D eigenvalue weighted by atomic mass is 79.9. The molecule has 0 fully saturated rings. The van der Waals surface area contributed by atoms with Crippen molar-refractivity contribution >= 4 is 39.5 Å². The Kier molecular flexibility index (Phi) is 7.09. The molecule has 9 heteroatoms. The highest BCUT2D eigenvalue weighted by molar-refractivity contribution is 9.10. The predicted octanol–water partition coefficient (Wildman–Crippen LogP) is 5.20. The molecule has 33 heavy (non-hydrogen) atoms. The lowest BCUT2D eigenvalue weighted by Gasteiger charge is -2.29. The van der Waals surface area contributed by atoms with Crippen LogP contribution in [0.3, 0.4) is 0 Å². The van der Waals surface area contributed by atoms with E-state index in [0.29, 0.717) is 34.7 Å². The SMILES string of the molecule is CCCSc1nc2n(n1)C(c1cc(Br)ccc1OCc1ccccc1C)C(C(N)=O)=C(C)N2. The summed E-state index contributed by atoms with van der Waals surface area (Å²) < 4.78 is 8.87. The maximum Gasteiger partial charge on any atom is 0.248 e. The maximum absolute atomic E-state index is 12.6. The molecule has 2 heterocycles. The third kappa shape index (κ3) is 4.94. The van der Waals surface area contributed by atoms with Crippen LogP contribution in [0.1, 0.15) is 43.0 Å². The number of anilines is 1. The number of hydrogen-bond donors (Lipinski definition) is 2. The summed E-state index contributed by atoms with van der Waals surface area (Å²) in [5.41, 5.74) is 9.97. The molecule has 1 aliphatic heterocycles. The summed E-state index contributed by atoms with van der Waals surface area (Å²) in [6, 6.07) is 13.3. The molecule has 4 rings (SSSR count). The molecule has 0 bridgehead atoms. The van der Waals surface area contributed by atoms with Gasteiger partial charge in [0, 0.05) is 21.5 Å². The van der Waals surface area contributed by atoms with Gasteiger partial charge in [0.1, 0.15) is 18.4 Å². The lowest BCUT2D eigenvalue weighted by Crippen LogP contribution is -2.32. The summed E-state index contributed by atoms with van der Waals surface area (Å²) in [5.74, 6) is 1.62. The number of rotatable bonds is 8. The Morgan fingerprint density at radius 3 is 2.79 bits per heavy atom. The lowest BCUT2D eigenvalue weighted by molar-refractivity contribution is -0.115. The number of allylic oxidation sites excluding steroid dienone is 1. The van der Waals surface area contributed by atoms with Gasteiger partial charge in [0.25, 0.3) is 0 Å². The summed E-state index contributed by atoms with van der Waals surface area (Å²) in [5, 5.41) is 8.55. The number of ether oxygens (including phenoxy) is 1. The highest BCUT2D eigenvalue weighted by Crippen LogP contribution is 2.41. The normalized spacial score (nSPS) is 15.2. The zero-order valence-corrected chi connectivity index (χ0v) is 21.2. The van der Waals surface area contributed by atoms with Crippen LogP contribution >= 0.6 is 27.7 Å². The molecule has 0 spiro atoms. The third-order valence-electron chi connectivity index (χ3n) is 5.44. The Balaban J connectivity index is 1.79. The summed E-state index contributed by atoms with van der Waals surface area (Å²) in [6.07, 6.45) is 1.01. The van der Waals surface area contributed by atoms with E-state index in [4.69, 9.17) is 15.6 Å². The van der Waals surface area contributed by atoms with Gasteiger partial charge in [-0.05, 0) is 49.6 Å². The van der Waals surface area contributed by atoms with Crippen molar-refractivity contribution < 1.29 is 9.53 Å². The minimum atomic E-state index is -0.563. The minimum Gasteiger partial charge on any atom is -0.489 e. The second kappa shape index (κ2) is 10.0. The lowest BCUT2D eigenvalue weighted by atomic mass is 9.94. The largest absolute Gasteiger partial charge is 0.489 e. The maximum atomic E-state index is 12.6. The van der Waals surface area contributed by atoms with Crippen LogP contribution in [0, 0.1) is 6.92 Å². The molecule has 7 nitrogen and oxygen atoms in total. The Morgan fingerprint density at radius 2 is 2.06 bits per heavy atom. The first-order chi connectivity index (χ1) is 15.9. The first-order valence-electron chi connectivity index (χ1n) is 10.7. The first kappa shape index (κ1) is 23.4. The smallest absolute Gasteiger partial charge is 0.248 e. The monoisotopic (exact) mass is 527 g/mol. The fraction of sp³-hybridized carbons (Fsp3) is 0.292. The number of halogens is 1. The Morgan fingerprint density at radius 1 is 1.27 bits per heavy atom. The van der Waals surface area contributed by atoms with Crippen LogP contribution in [0.25, 0.3) is 0 Å². The summed E-state index contributed by atoms with van der Waals surface area (Å²) in [7, 11) is 0. The van der Waals surface area contributed by atoms with Crippen molar-refractivity contribution in [2.75, 3.05) is 11.1 Å². The van der Waals surface area contributed by atoms with Crippen LogP contribution in [-0.2, 0) is 11.4 Å². The zero-order valence-electron chi connectivity index (χ0n) is 18.8. The molecule has 1 aliphatic rings. The van der Waals surface area contributed by atoms with Gasteiger partial charge in [-0.3, -0.25) is 4.79 Å². The number of aryl methyl sites for hydroxylation is 1. The highest BCUT2D eigenvalue weighted by Gasteiger charge is 2.35. The van der Waals surface area contributed by atoms with Gasteiger partial charge in [-0.25, -0.2) is 4.68 Å². The van der Waals surface area contributed by atoms with Crippen LogP contribution in [0.5, 0.6) is 5.75 Å². The second-order valence-electron chi connectivity index (χ2n) is 7.84. The minimum absolute atomic E-state index is 0.405. The van der Waals surface area contributed by atoms with E-state index in [2.05, 4.69) is 46.1 Å². The molecule has 3 N–H and O–H groups in total. The average Bonchev–Trinajstić information content (AvgIpc) is 3.19. The van der Waals surface area contributed by atoms with Gasteiger partial charge in [0.05, 0.1) is 5.57 Å². The van der Waals surface area contributed by atoms with Gasteiger partial charge in [0.2, 0.25) is 17.0 Å². The first-order valence-corrected chi connectivity index (χ1v) is 12.5. The number of thioether (sulfide) groups is 1. The second-order valence-corrected chi connectivity index (χ2v) is 9.82. The van der Waals surface area contributed by atoms with E-state index in [1.807, 2.05) is 43.3 Å². The number of nitrogens with one attached hydrogen (secondary N) is 1. The van der Waals surface area contributed by atoms with Gasteiger partial charge in [-0.1, -0.05) is 58.9 Å². The number of benzene rings is 2. The van der Waals surface area contributed by atoms with Gasteiger partial charge in [0.15, 0.2) is 0 Å². The fourth-order valence-electron chi connectivity index (χ4n) is 3.78. The van der Waals surface area contributed by atoms with Gasteiger partial charge in [-0.2, -0.15) is 4.98 Å². The summed E-state index contributed by atoms with van der Waals surface area (Å²) in [6.45, 7) is 6.40. The molecule has 1 unspecified atom stereocenters. The van der Waals surface area contributed by atoms with Crippen molar-refractivity contribution in [3.63, 3.8) is 0 Å². The topological polar surface area (TPSA) is 95.1 Å². The third-order valence-corrected chi connectivity index (χ3v) is 6.98. The quantitative estimate of drug-likeness (QED) is 0.390. The standard InChI is InChI=1S/C24H26BrN5O2S/c1-4-11-33-24-28-23-27-15(3)20(22(26)31)21(30(23)29-24)18-12-17(25)9-10-19(18)32-13-16-8-6-5-7-14(16)2/h5-10,12,21H,4,11,13H2,1-3H3,(H2,26,31)(H,27,28,29). The number of nitrogens with two attached hydrogens (primary N) is 1. The number of aromatic nitrogens is 3. The number of carbonyl (C=O) groups is 1. The predicted molar refractivity (Wildman–Crippen MR) is 134 cm³/mol. The molecule has 172 valence electrons. The summed E-state index contributed by atoms with van der Waals surface area (Å²) in [4.78, 5) is 17.2. The average molecular weight is 528 g/mol. The van der Waals surface area contributed by atoms with Gasteiger partial charge >= 0.3 is 0 Å². The molecule has 0 saturated heterocycles. The van der Waals surface area contributed by atoms with E-state index in [1.54, 1.807) is 16.4 Å². The molecule has 3 aromatic rings. The van der Waals surface area contributed by atoms with Crippen molar-refractivity contribution in [1.29, 1.82) is 0 Å². The number of primary amides is 1. The van der Waals surface area contributed by atoms with Crippen molar-refractivity contribution in [3.8, 4) is 5.75 Å². The van der Waals surface area contributed by atoms with Crippen LogP contribution in [0.2, 0.25) is 0 Å². The molecule has 0 aliphatic carbocycles. The molecule has 2 aromatic carbocycles. The fourth-order valence-corrected chi connectivity index (χ4v) is 4.85. The number of amides is 1. The number of hydrogen-bond acceptors (Lipinski definition) is 6. The van der Waals surface area contributed by atoms with Gasteiger partial charge < -0.3 is 15.8 Å². The number of nitrogens with zero attached hydrogens (tertiary/aromatic N) is 3. The van der Waals surface area contributed by atoms with E-state index in [0.717, 1.165) is 33.3 Å². The van der Waals surface area contributed by atoms with E-state index in [9.17, 15) is 4.79 Å². The van der Waals surface area contributed by atoms with Crippen molar-refractivity contribution in [2.24, 2.45) is 5.73 Å². The van der Waals surface area contributed by atoms with Crippen molar-refractivity contribution in [1.82, 2.24) is 14.8 Å². The molecular weight excluding hydrogens is 502 g/mol. The van der Waals surface area contributed by atoms with E-state index >= 15 is 0 Å².